The molecule has 0 unspecified atom stereocenters. The Hall–Kier alpha value is -3.30. The summed E-state index contributed by atoms with van der Waals surface area (Å²) in [5.41, 5.74) is -0.575. The number of hydrogen-bond donors (Lipinski definition) is 1. The summed E-state index contributed by atoms with van der Waals surface area (Å²) in [5.74, 6) is 0.00769. The first-order valence-electron chi connectivity index (χ1n) is 11.3. The van der Waals surface area contributed by atoms with Gasteiger partial charge in [0.1, 0.15) is 17.8 Å². The van der Waals surface area contributed by atoms with Crippen LogP contribution in [0.25, 0.3) is 0 Å². The Bertz CT molecular complexity index is 889. The molecule has 188 valence electrons. The summed E-state index contributed by atoms with van der Waals surface area (Å²) < 4.78 is 16.0. The smallest absolute Gasteiger partial charge is 0.437 e. The van der Waals surface area contributed by atoms with Crippen LogP contribution in [0.15, 0.2) is 35.3 Å². The van der Waals surface area contributed by atoms with Gasteiger partial charge in [-0.2, -0.15) is 0 Å². The van der Waals surface area contributed by atoms with E-state index in [1.807, 2.05) is 37.3 Å². The van der Waals surface area contributed by atoms with E-state index in [-0.39, 0.29) is 18.6 Å². The Balaban J connectivity index is 2.08. The molecule has 0 radical (unpaired) electrons. The predicted molar refractivity (Wildman–Crippen MR) is 127 cm³/mol. The number of guanidine groups is 1. The molecule has 1 fully saturated rings. The SMILES string of the molecule is C[C@@H]1CN(C(=O)OCc2ccccc2)CCN1C(=NC(=O)OC(C)(C)C)NC(=O)OC(C)(C)C. The molecule has 1 N–H and O–H groups in total. The molecular formula is C24H36N4O6. The molecular weight excluding hydrogens is 440 g/mol. The van der Waals surface area contributed by atoms with Gasteiger partial charge in [-0.1, -0.05) is 30.3 Å². The van der Waals surface area contributed by atoms with Crippen molar-refractivity contribution in [2.24, 2.45) is 4.99 Å². The summed E-state index contributed by atoms with van der Waals surface area (Å²) in [4.78, 5) is 44.6. The fourth-order valence-electron chi connectivity index (χ4n) is 3.18. The highest BCUT2D eigenvalue weighted by molar-refractivity contribution is 5.99. The van der Waals surface area contributed by atoms with Crippen LogP contribution >= 0.6 is 0 Å². The van der Waals surface area contributed by atoms with E-state index in [1.165, 1.54) is 0 Å². The average molecular weight is 477 g/mol. The molecule has 1 heterocycles. The van der Waals surface area contributed by atoms with Crippen molar-refractivity contribution < 1.29 is 28.6 Å². The Morgan fingerprint density at radius 1 is 1.00 bits per heavy atom. The Kier molecular flexibility index (Phi) is 8.89. The number of rotatable bonds is 2. The minimum absolute atomic E-state index is 0.00769. The van der Waals surface area contributed by atoms with Crippen molar-refractivity contribution in [2.75, 3.05) is 19.6 Å². The standard InChI is InChI=1S/C24H36N4O6/c1-17-15-27(22(31)32-16-18-11-9-8-10-12-18)13-14-28(17)19(25-20(29)33-23(2,3)4)26-21(30)34-24(5,6)7/h8-12,17H,13-16H2,1-7H3,(H,25,26,29,30)/t17-/m1/s1. The van der Waals surface area contributed by atoms with Crippen molar-refractivity contribution in [3.8, 4) is 0 Å². The summed E-state index contributed by atoms with van der Waals surface area (Å²) in [5, 5.41) is 2.56. The van der Waals surface area contributed by atoms with Crippen molar-refractivity contribution in [3.63, 3.8) is 0 Å². The molecule has 1 atom stereocenters. The molecule has 34 heavy (non-hydrogen) atoms. The lowest BCUT2D eigenvalue weighted by molar-refractivity contribution is 0.0524. The highest BCUT2D eigenvalue weighted by Gasteiger charge is 2.32. The zero-order chi connectivity index (χ0) is 25.5. The van der Waals surface area contributed by atoms with E-state index in [0.717, 1.165) is 5.56 Å². The van der Waals surface area contributed by atoms with Crippen LogP contribution in [0.3, 0.4) is 0 Å². The number of hydrogen-bond acceptors (Lipinski definition) is 6. The quantitative estimate of drug-likeness (QED) is 0.388. The van der Waals surface area contributed by atoms with Gasteiger partial charge in [-0.05, 0) is 54.0 Å². The lowest BCUT2D eigenvalue weighted by atomic mass is 10.2. The number of carbonyl (C=O) groups excluding carboxylic acids is 3. The van der Waals surface area contributed by atoms with Gasteiger partial charge in [-0.15, -0.1) is 4.99 Å². The lowest BCUT2D eigenvalue weighted by Crippen LogP contribution is -2.59. The lowest BCUT2D eigenvalue weighted by Gasteiger charge is -2.40. The Morgan fingerprint density at radius 2 is 1.62 bits per heavy atom. The summed E-state index contributed by atoms with van der Waals surface area (Å²) in [6.07, 6.45) is -2.01. The second-order valence-electron chi connectivity index (χ2n) is 10.1. The van der Waals surface area contributed by atoms with Crippen molar-refractivity contribution in [2.45, 2.75) is 72.3 Å². The maximum Gasteiger partial charge on any atom is 0.437 e. The topological polar surface area (TPSA) is 110 Å². The predicted octanol–water partition coefficient (Wildman–Crippen LogP) is 4.15. The van der Waals surface area contributed by atoms with Gasteiger partial charge in [0.05, 0.1) is 0 Å². The third-order valence-electron chi connectivity index (χ3n) is 4.57. The Labute approximate surface area is 201 Å². The van der Waals surface area contributed by atoms with E-state index in [2.05, 4.69) is 10.3 Å². The minimum atomic E-state index is -0.838. The van der Waals surface area contributed by atoms with Crippen molar-refractivity contribution in [1.82, 2.24) is 15.1 Å². The molecule has 3 amide bonds. The summed E-state index contributed by atoms with van der Waals surface area (Å²) in [6.45, 7) is 13.4. The van der Waals surface area contributed by atoms with Crippen molar-refractivity contribution >= 4 is 24.2 Å². The summed E-state index contributed by atoms with van der Waals surface area (Å²) in [6, 6.07) is 9.16. The third kappa shape index (κ3) is 9.29. The van der Waals surface area contributed by atoms with E-state index >= 15 is 0 Å². The average Bonchev–Trinajstić information content (AvgIpc) is 2.69. The van der Waals surface area contributed by atoms with Gasteiger partial charge in [0.2, 0.25) is 5.96 Å². The van der Waals surface area contributed by atoms with E-state index in [4.69, 9.17) is 14.2 Å². The number of nitrogens with zero attached hydrogens (tertiary/aromatic N) is 3. The first-order valence-corrected chi connectivity index (χ1v) is 11.3. The molecule has 0 spiro atoms. The molecule has 0 saturated carbocycles. The maximum absolute atomic E-state index is 12.6. The van der Waals surface area contributed by atoms with Crippen molar-refractivity contribution in [1.29, 1.82) is 0 Å². The molecule has 0 bridgehead atoms. The highest BCUT2D eigenvalue weighted by atomic mass is 16.6. The molecule has 1 aromatic carbocycles. The number of alkyl carbamates (subject to hydrolysis) is 1. The zero-order valence-corrected chi connectivity index (χ0v) is 21.1. The number of carbonyl (C=O) groups is 3. The molecule has 1 aliphatic rings. The van der Waals surface area contributed by atoms with Crippen LogP contribution in [-0.4, -0.2) is 70.9 Å². The largest absolute Gasteiger partial charge is 0.445 e. The first kappa shape index (κ1) is 26.9. The van der Waals surface area contributed by atoms with Crippen LogP contribution in [0.2, 0.25) is 0 Å². The van der Waals surface area contributed by atoms with E-state index in [1.54, 1.807) is 51.3 Å². The number of aliphatic imine (C=N–C) groups is 1. The van der Waals surface area contributed by atoms with Gasteiger partial charge < -0.3 is 24.0 Å². The van der Waals surface area contributed by atoms with Crippen LogP contribution < -0.4 is 5.32 Å². The van der Waals surface area contributed by atoms with Crippen LogP contribution in [0.4, 0.5) is 14.4 Å². The van der Waals surface area contributed by atoms with Gasteiger partial charge in [0.25, 0.3) is 0 Å². The zero-order valence-electron chi connectivity index (χ0n) is 21.1. The molecule has 10 heteroatoms. The van der Waals surface area contributed by atoms with Crippen LogP contribution in [-0.2, 0) is 20.8 Å². The second-order valence-corrected chi connectivity index (χ2v) is 10.1. The van der Waals surface area contributed by atoms with Crippen LogP contribution in [0.1, 0.15) is 54.0 Å². The fourth-order valence-corrected chi connectivity index (χ4v) is 3.18. The van der Waals surface area contributed by atoms with E-state index in [0.29, 0.717) is 19.6 Å². The summed E-state index contributed by atoms with van der Waals surface area (Å²) in [7, 11) is 0. The normalized spacial score (nSPS) is 17.1. The van der Waals surface area contributed by atoms with Crippen LogP contribution in [0.5, 0.6) is 0 Å². The van der Waals surface area contributed by atoms with E-state index in [9.17, 15) is 14.4 Å². The second kappa shape index (κ2) is 11.2. The highest BCUT2D eigenvalue weighted by Crippen LogP contribution is 2.15. The van der Waals surface area contributed by atoms with Gasteiger partial charge in [0, 0.05) is 25.7 Å². The number of benzene rings is 1. The molecule has 2 rings (SSSR count). The number of amides is 3. The van der Waals surface area contributed by atoms with Gasteiger partial charge >= 0.3 is 18.3 Å². The minimum Gasteiger partial charge on any atom is -0.445 e. The number of piperazine rings is 1. The van der Waals surface area contributed by atoms with Gasteiger partial charge in [0.15, 0.2) is 0 Å². The molecule has 10 nitrogen and oxygen atoms in total. The fraction of sp³-hybridized carbons (Fsp3) is 0.583. The molecule has 0 aliphatic carbocycles. The molecule has 0 aromatic heterocycles. The van der Waals surface area contributed by atoms with Gasteiger partial charge in [-0.3, -0.25) is 5.32 Å². The van der Waals surface area contributed by atoms with Gasteiger partial charge in [-0.25, -0.2) is 14.4 Å². The molecule has 1 saturated heterocycles. The van der Waals surface area contributed by atoms with Crippen LogP contribution in [0, 0.1) is 0 Å². The summed E-state index contributed by atoms with van der Waals surface area (Å²) >= 11 is 0. The maximum atomic E-state index is 12.6. The third-order valence-corrected chi connectivity index (χ3v) is 4.57. The van der Waals surface area contributed by atoms with Crippen molar-refractivity contribution in [3.05, 3.63) is 35.9 Å². The molecule has 1 aliphatic heterocycles. The monoisotopic (exact) mass is 476 g/mol. The van der Waals surface area contributed by atoms with E-state index < -0.39 is 29.5 Å². The number of nitrogens with one attached hydrogen (secondary N) is 1. The Morgan fingerprint density at radius 3 is 2.18 bits per heavy atom. The first-order chi connectivity index (χ1) is 15.7. The molecule has 1 aromatic rings. The number of ether oxygens (including phenoxy) is 3.